The number of hydrogen-bond donors (Lipinski definition) is 3. The number of hydrogen-bond acceptors (Lipinski definition) is 4. The van der Waals surface area contributed by atoms with Gasteiger partial charge in [-0.25, -0.2) is 14.6 Å². The molecule has 17 heavy (non-hydrogen) atoms. The topological polar surface area (TPSA) is 116 Å². The van der Waals surface area contributed by atoms with E-state index in [-0.39, 0.29) is 0 Å². The Bertz CT molecular complexity index is 501. The van der Waals surface area contributed by atoms with Gasteiger partial charge in [-0.05, 0) is 12.1 Å². The second kappa shape index (κ2) is 6.01. The highest BCUT2D eigenvalue weighted by atomic mass is 16.4. The Morgan fingerprint density at radius 1 is 1.24 bits per heavy atom. The van der Waals surface area contributed by atoms with Crippen LogP contribution in [0, 0.1) is 0 Å². The first kappa shape index (κ1) is 12.4. The molecule has 2 rings (SSSR count). The first-order valence-corrected chi connectivity index (χ1v) is 4.47. The number of carboxylic acid groups (broad SMARTS) is 2. The lowest BCUT2D eigenvalue weighted by Gasteiger charge is -1.80. The molecule has 0 spiro atoms. The molecule has 0 aliphatic heterocycles. The second-order valence-electron chi connectivity index (χ2n) is 2.82. The van der Waals surface area contributed by atoms with Crippen molar-refractivity contribution in [3.05, 3.63) is 36.7 Å². The summed E-state index contributed by atoms with van der Waals surface area (Å²) in [5, 5.41) is 23.2. The lowest BCUT2D eigenvalue weighted by Crippen LogP contribution is -1.91. The van der Waals surface area contributed by atoms with Crippen molar-refractivity contribution in [2.45, 2.75) is 0 Å². The Morgan fingerprint density at radius 2 is 1.88 bits per heavy atom. The molecule has 0 bridgehead atoms. The predicted molar refractivity (Wildman–Crippen MR) is 58.3 cm³/mol. The van der Waals surface area contributed by atoms with Gasteiger partial charge in [-0.15, -0.1) is 0 Å². The molecule has 3 N–H and O–H groups in total. The third kappa shape index (κ3) is 4.56. The van der Waals surface area contributed by atoms with Gasteiger partial charge in [0.25, 0.3) is 0 Å². The largest absolute Gasteiger partial charge is 0.478 e. The molecule has 0 unspecified atom stereocenters. The third-order valence-corrected chi connectivity index (χ3v) is 1.58. The summed E-state index contributed by atoms with van der Waals surface area (Å²) < 4.78 is 0. The van der Waals surface area contributed by atoms with Crippen LogP contribution in [-0.4, -0.2) is 37.3 Å². The summed E-state index contributed by atoms with van der Waals surface area (Å²) in [5.41, 5.74) is 0.845. The quantitative estimate of drug-likeness (QED) is 0.658. The summed E-state index contributed by atoms with van der Waals surface area (Å²) in [5.74, 6) is -2.51. The highest BCUT2D eigenvalue weighted by Crippen LogP contribution is 2.03. The van der Waals surface area contributed by atoms with Gasteiger partial charge >= 0.3 is 11.9 Å². The molecule has 0 radical (unpaired) electrons. The van der Waals surface area contributed by atoms with Crippen LogP contribution in [0.15, 0.2) is 36.7 Å². The molecule has 7 heteroatoms. The lowest BCUT2D eigenvalue weighted by atomic mass is 10.4. The van der Waals surface area contributed by atoms with Crippen molar-refractivity contribution in [2.75, 3.05) is 0 Å². The maximum absolute atomic E-state index is 9.55. The van der Waals surface area contributed by atoms with Crippen molar-refractivity contribution >= 4 is 23.0 Å². The minimum Gasteiger partial charge on any atom is -0.478 e. The van der Waals surface area contributed by atoms with Gasteiger partial charge in [-0.1, -0.05) is 0 Å². The monoisotopic (exact) mass is 235 g/mol. The van der Waals surface area contributed by atoms with Crippen LogP contribution in [0.4, 0.5) is 0 Å². The minimum atomic E-state index is -1.26. The number of nitrogens with zero attached hydrogens (tertiary/aromatic N) is 2. The van der Waals surface area contributed by atoms with Gasteiger partial charge in [-0.2, -0.15) is 5.10 Å². The van der Waals surface area contributed by atoms with E-state index in [4.69, 9.17) is 10.2 Å². The van der Waals surface area contributed by atoms with Gasteiger partial charge in [0.1, 0.15) is 0 Å². The van der Waals surface area contributed by atoms with Crippen LogP contribution in [-0.2, 0) is 9.59 Å². The van der Waals surface area contributed by atoms with E-state index in [9.17, 15) is 9.59 Å². The van der Waals surface area contributed by atoms with Gasteiger partial charge in [0.15, 0.2) is 5.65 Å². The molecule has 7 nitrogen and oxygen atoms in total. The smallest absolute Gasteiger partial charge is 0.328 e. The maximum Gasteiger partial charge on any atom is 0.328 e. The van der Waals surface area contributed by atoms with Crippen molar-refractivity contribution in [1.29, 1.82) is 0 Å². The molecule has 0 saturated carbocycles. The first-order chi connectivity index (χ1) is 8.09. The van der Waals surface area contributed by atoms with E-state index in [0.717, 1.165) is 11.0 Å². The zero-order valence-corrected chi connectivity index (χ0v) is 8.57. The molecule has 0 aromatic carbocycles. The molecule has 88 valence electrons. The number of H-pyrrole nitrogens is 1. The number of carboxylic acids is 2. The standard InChI is InChI=1S/C6H5N3.C4H4O4/c1-2-5-4-8-9-6(5)7-3-1;5-3(6)1-2-4(7)8/h1-4H,(H,7,8,9);1-2H,(H,5,6)(H,7,8)/b;2-1-. The predicted octanol–water partition coefficient (Wildman–Crippen LogP) is 0.670. The van der Waals surface area contributed by atoms with Gasteiger partial charge in [0, 0.05) is 23.7 Å². The fourth-order valence-corrected chi connectivity index (χ4v) is 0.921. The molecule has 0 aliphatic rings. The number of carbonyl (C=O) groups is 2. The van der Waals surface area contributed by atoms with Crippen molar-refractivity contribution in [1.82, 2.24) is 15.2 Å². The van der Waals surface area contributed by atoms with Crippen molar-refractivity contribution < 1.29 is 19.8 Å². The number of fused-ring (bicyclic) bond motifs is 1. The van der Waals surface area contributed by atoms with Crippen LogP contribution in [0.5, 0.6) is 0 Å². The summed E-state index contributed by atoms with van der Waals surface area (Å²) in [6.07, 6.45) is 4.60. The van der Waals surface area contributed by atoms with Crippen LogP contribution >= 0.6 is 0 Å². The number of nitrogens with one attached hydrogen (secondary N) is 1. The van der Waals surface area contributed by atoms with Crippen LogP contribution in [0.3, 0.4) is 0 Å². The number of aromatic amines is 1. The van der Waals surface area contributed by atoms with Crippen LogP contribution in [0.25, 0.3) is 11.0 Å². The van der Waals surface area contributed by atoms with Gasteiger partial charge in [-0.3, -0.25) is 5.10 Å². The summed E-state index contributed by atoms with van der Waals surface area (Å²) >= 11 is 0. The molecule has 0 atom stereocenters. The van der Waals surface area contributed by atoms with Crippen LogP contribution < -0.4 is 0 Å². The summed E-state index contributed by atoms with van der Waals surface area (Å²) in [6.45, 7) is 0. The molecule has 0 aliphatic carbocycles. The zero-order valence-electron chi connectivity index (χ0n) is 8.57. The molecular weight excluding hydrogens is 226 g/mol. The Morgan fingerprint density at radius 3 is 2.41 bits per heavy atom. The molecule has 0 amide bonds. The first-order valence-electron chi connectivity index (χ1n) is 4.47. The Hall–Kier alpha value is -2.70. The Kier molecular flexibility index (Phi) is 4.37. The normalized spacial score (nSPS) is 9.88. The molecule has 2 heterocycles. The highest BCUT2D eigenvalue weighted by molar-refractivity contribution is 5.89. The molecule has 0 fully saturated rings. The lowest BCUT2D eigenvalue weighted by molar-refractivity contribution is -0.134. The Balaban J connectivity index is 0.000000172. The number of aliphatic carboxylic acids is 2. The average molecular weight is 235 g/mol. The minimum absolute atomic E-state index is 0.558. The van der Waals surface area contributed by atoms with Crippen LogP contribution in [0.1, 0.15) is 0 Å². The van der Waals surface area contributed by atoms with Crippen LogP contribution in [0.2, 0.25) is 0 Å². The molecular formula is C10H9N3O4. The van der Waals surface area contributed by atoms with E-state index < -0.39 is 11.9 Å². The van der Waals surface area contributed by atoms with Gasteiger partial charge in [0.2, 0.25) is 0 Å². The third-order valence-electron chi connectivity index (χ3n) is 1.58. The van der Waals surface area contributed by atoms with E-state index in [1.807, 2.05) is 12.1 Å². The fraction of sp³-hybridized carbons (Fsp3) is 0. The van der Waals surface area contributed by atoms with E-state index >= 15 is 0 Å². The zero-order chi connectivity index (χ0) is 12.7. The highest BCUT2D eigenvalue weighted by Gasteiger charge is 1.90. The number of pyridine rings is 1. The van der Waals surface area contributed by atoms with Gasteiger partial charge in [0.05, 0.1) is 6.20 Å². The summed E-state index contributed by atoms with van der Waals surface area (Å²) in [4.78, 5) is 23.1. The fourth-order valence-electron chi connectivity index (χ4n) is 0.921. The van der Waals surface area contributed by atoms with Crippen molar-refractivity contribution in [3.8, 4) is 0 Å². The van der Waals surface area contributed by atoms with E-state index in [1.165, 1.54) is 0 Å². The molecule has 2 aromatic rings. The molecule has 0 saturated heterocycles. The SMILES string of the molecule is O=C(O)/C=C\C(=O)O.c1cnc2[nH]ncc2c1. The summed E-state index contributed by atoms with van der Waals surface area (Å²) in [7, 11) is 0. The van der Waals surface area contributed by atoms with E-state index in [1.54, 1.807) is 12.4 Å². The van der Waals surface area contributed by atoms with E-state index in [2.05, 4.69) is 15.2 Å². The average Bonchev–Trinajstić information content (AvgIpc) is 2.75. The number of rotatable bonds is 2. The molecule has 2 aromatic heterocycles. The van der Waals surface area contributed by atoms with E-state index in [0.29, 0.717) is 12.2 Å². The summed E-state index contributed by atoms with van der Waals surface area (Å²) in [6, 6.07) is 3.85. The Labute approximate surface area is 95.4 Å². The van der Waals surface area contributed by atoms with Crippen molar-refractivity contribution in [2.24, 2.45) is 0 Å². The van der Waals surface area contributed by atoms with Gasteiger partial charge < -0.3 is 10.2 Å². The maximum atomic E-state index is 9.55. The number of aromatic nitrogens is 3. The van der Waals surface area contributed by atoms with Crippen molar-refractivity contribution in [3.63, 3.8) is 0 Å². The second-order valence-corrected chi connectivity index (χ2v) is 2.82.